The summed E-state index contributed by atoms with van der Waals surface area (Å²) in [6, 6.07) is 8.31. The van der Waals surface area contributed by atoms with Gasteiger partial charge in [-0.25, -0.2) is 0 Å². The minimum absolute atomic E-state index is 0.318. The summed E-state index contributed by atoms with van der Waals surface area (Å²) in [5, 5.41) is 3.30. The van der Waals surface area contributed by atoms with E-state index in [0.717, 1.165) is 18.2 Å². The van der Waals surface area contributed by atoms with Crippen molar-refractivity contribution in [1.29, 1.82) is 0 Å². The van der Waals surface area contributed by atoms with Gasteiger partial charge >= 0.3 is 0 Å². The minimum atomic E-state index is 0.318. The van der Waals surface area contributed by atoms with Gasteiger partial charge in [-0.2, -0.15) is 0 Å². The van der Waals surface area contributed by atoms with Gasteiger partial charge in [0.05, 0.1) is 0 Å². The van der Waals surface area contributed by atoms with Gasteiger partial charge < -0.3 is 11.1 Å². The van der Waals surface area contributed by atoms with Crippen LogP contribution in [0.15, 0.2) is 24.3 Å². The molecule has 4 heteroatoms. The summed E-state index contributed by atoms with van der Waals surface area (Å²) in [4.78, 5) is 2.52. The van der Waals surface area contributed by atoms with E-state index in [2.05, 4.69) is 29.3 Å². The minimum Gasteiger partial charge on any atom is -0.376 e. The lowest BCUT2D eigenvalue weighted by atomic mass is 10.00. The summed E-state index contributed by atoms with van der Waals surface area (Å²) in [6.45, 7) is 5.75. The van der Waals surface area contributed by atoms with Crippen LogP contribution in [0.25, 0.3) is 0 Å². The van der Waals surface area contributed by atoms with Gasteiger partial charge in [0.1, 0.15) is 0 Å². The first-order valence-electron chi connectivity index (χ1n) is 6.51. The maximum atomic E-state index is 5.49. The number of piperidine rings is 1. The van der Waals surface area contributed by atoms with E-state index >= 15 is 0 Å². The Hall–Kier alpha value is -1.13. The molecule has 0 saturated carbocycles. The van der Waals surface area contributed by atoms with E-state index in [1.807, 2.05) is 12.1 Å². The molecule has 3 nitrogen and oxygen atoms in total. The van der Waals surface area contributed by atoms with Crippen LogP contribution in [0.2, 0.25) is 0 Å². The molecule has 1 fully saturated rings. The third-order valence-corrected chi connectivity index (χ3v) is 3.44. The van der Waals surface area contributed by atoms with E-state index in [0.29, 0.717) is 5.11 Å². The van der Waals surface area contributed by atoms with Crippen LogP contribution in [0.3, 0.4) is 0 Å². The second kappa shape index (κ2) is 6.16. The van der Waals surface area contributed by atoms with Gasteiger partial charge in [0.25, 0.3) is 0 Å². The van der Waals surface area contributed by atoms with Crippen LogP contribution >= 0.6 is 12.2 Å². The molecule has 0 aliphatic carbocycles. The lowest BCUT2D eigenvalue weighted by Gasteiger charge is -2.30. The van der Waals surface area contributed by atoms with Crippen LogP contribution in [0.1, 0.15) is 25.3 Å². The highest BCUT2D eigenvalue weighted by Gasteiger charge is 2.16. The molecule has 0 amide bonds. The van der Waals surface area contributed by atoms with Crippen LogP contribution in [-0.4, -0.2) is 23.1 Å². The highest BCUT2D eigenvalue weighted by molar-refractivity contribution is 7.80. The molecule has 1 aliphatic heterocycles. The molecule has 1 aromatic rings. The summed E-state index contributed by atoms with van der Waals surface area (Å²) in [5.74, 6) is 0.816. The van der Waals surface area contributed by atoms with Gasteiger partial charge in [-0.3, -0.25) is 4.90 Å². The van der Waals surface area contributed by atoms with Crippen molar-refractivity contribution < 1.29 is 0 Å². The number of likely N-dealkylation sites (tertiary alicyclic amines) is 1. The molecule has 98 valence electrons. The van der Waals surface area contributed by atoms with Gasteiger partial charge in [0.2, 0.25) is 0 Å². The average Bonchev–Trinajstić information content (AvgIpc) is 2.28. The third-order valence-electron chi connectivity index (χ3n) is 3.34. The number of thiocarbonyl (C=S) groups is 1. The molecule has 1 aromatic carbocycles. The molecular formula is C14H21N3S. The van der Waals surface area contributed by atoms with Crippen LogP contribution in [-0.2, 0) is 6.54 Å². The normalized spacial score (nSPS) is 20.6. The summed E-state index contributed by atoms with van der Waals surface area (Å²) in [6.07, 6.45) is 2.67. The van der Waals surface area contributed by atoms with E-state index in [1.54, 1.807) is 0 Å². The Morgan fingerprint density at radius 1 is 1.56 bits per heavy atom. The average molecular weight is 263 g/mol. The lowest BCUT2D eigenvalue weighted by molar-refractivity contribution is 0.176. The fourth-order valence-electron chi connectivity index (χ4n) is 2.58. The number of nitrogens with one attached hydrogen (secondary N) is 1. The van der Waals surface area contributed by atoms with Crippen LogP contribution in [0, 0.1) is 5.92 Å². The van der Waals surface area contributed by atoms with Crippen LogP contribution < -0.4 is 11.1 Å². The Labute approximate surface area is 114 Å². The van der Waals surface area contributed by atoms with Crippen molar-refractivity contribution in [1.82, 2.24) is 4.90 Å². The molecule has 1 saturated heterocycles. The zero-order chi connectivity index (χ0) is 13.0. The lowest BCUT2D eigenvalue weighted by Crippen LogP contribution is -2.33. The molecule has 0 aromatic heterocycles. The second-order valence-electron chi connectivity index (χ2n) is 5.17. The number of hydrogen-bond donors (Lipinski definition) is 2. The van der Waals surface area contributed by atoms with Crippen molar-refractivity contribution in [3.05, 3.63) is 29.8 Å². The maximum absolute atomic E-state index is 5.49. The molecule has 1 unspecified atom stereocenters. The van der Waals surface area contributed by atoms with E-state index in [-0.39, 0.29) is 0 Å². The van der Waals surface area contributed by atoms with Crippen molar-refractivity contribution in [2.45, 2.75) is 26.3 Å². The van der Waals surface area contributed by atoms with Gasteiger partial charge in [-0.1, -0.05) is 19.1 Å². The Bertz CT molecular complexity index is 419. The van der Waals surface area contributed by atoms with E-state index in [4.69, 9.17) is 18.0 Å². The number of benzene rings is 1. The number of nitrogens with zero attached hydrogens (tertiary/aromatic N) is 1. The predicted molar refractivity (Wildman–Crippen MR) is 80.5 cm³/mol. The van der Waals surface area contributed by atoms with E-state index in [9.17, 15) is 0 Å². The Morgan fingerprint density at radius 3 is 3.11 bits per heavy atom. The van der Waals surface area contributed by atoms with E-state index in [1.165, 1.54) is 31.5 Å². The first kappa shape index (κ1) is 13.3. The molecular weight excluding hydrogens is 242 g/mol. The highest BCUT2D eigenvalue weighted by atomic mass is 32.1. The number of nitrogens with two attached hydrogens (primary N) is 1. The van der Waals surface area contributed by atoms with Gasteiger partial charge in [0, 0.05) is 18.8 Å². The molecule has 0 bridgehead atoms. The molecule has 0 radical (unpaired) electrons. The molecule has 1 atom stereocenters. The SMILES string of the molecule is CC1CCCN(Cc2cccc(NC(N)=S)c2)C1. The zero-order valence-electron chi connectivity index (χ0n) is 10.9. The molecule has 3 N–H and O–H groups in total. The third kappa shape index (κ3) is 3.96. The second-order valence-corrected chi connectivity index (χ2v) is 5.61. The largest absolute Gasteiger partial charge is 0.376 e. The summed E-state index contributed by atoms with van der Waals surface area (Å²) >= 11 is 4.85. The summed E-state index contributed by atoms with van der Waals surface area (Å²) < 4.78 is 0. The van der Waals surface area contributed by atoms with Crippen LogP contribution in [0.5, 0.6) is 0 Å². The van der Waals surface area contributed by atoms with Crippen molar-refractivity contribution in [3.63, 3.8) is 0 Å². The van der Waals surface area contributed by atoms with Crippen molar-refractivity contribution in [2.75, 3.05) is 18.4 Å². The summed E-state index contributed by atoms with van der Waals surface area (Å²) in [7, 11) is 0. The number of anilines is 1. The Balaban J connectivity index is 1.98. The maximum Gasteiger partial charge on any atom is 0.168 e. The standard InChI is InChI=1S/C14H21N3S/c1-11-4-3-7-17(9-11)10-12-5-2-6-13(8-12)16-14(15)18/h2,5-6,8,11H,3-4,7,9-10H2,1H3,(H3,15,16,18). The summed E-state index contributed by atoms with van der Waals surface area (Å²) in [5.41, 5.74) is 7.77. The first-order chi connectivity index (χ1) is 8.63. The quantitative estimate of drug-likeness (QED) is 0.823. The van der Waals surface area contributed by atoms with Crippen molar-refractivity contribution in [3.8, 4) is 0 Å². The predicted octanol–water partition coefficient (Wildman–Crippen LogP) is 2.57. The Kier molecular flexibility index (Phi) is 4.55. The van der Waals surface area contributed by atoms with E-state index < -0.39 is 0 Å². The molecule has 2 rings (SSSR count). The van der Waals surface area contributed by atoms with Crippen molar-refractivity contribution >= 4 is 23.0 Å². The molecule has 1 heterocycles. The molecule has 1 aliphatic rings. The Morgan fingerprint density at radius 2 is 2.39 bits per heavy atom. The van der Waals surface area contributed by atoms with Crippen molar-refractivity contribution in [2.24, 2.45) is 11.7 Å². The van der Waals surface area contributed by atoms with Gasteiger partial charge in [-0.15, -0.1) is 0 Å². The molecule has 18 heavy (non-hydrogen) atoms. The van der Waals surface area contributed by atoms with Gasteiger partial charge in [0.15, 0.2) is 5.11 Å². The molecule has 0 spiro atoms. The van der Waals surface area contributed by atoms with Gasteiger partial charge in [-0.05, 0) is 55.2 Å². The number of hydrogen-bond acceptors (Lipinski definition) is 2. The topological polar surface area (TPSA) is 41.3 Å². The number of rotatable bonds is 3. The monoisotopic (exact) mass is 263 g/mol. The first-order valence-corrected chi connectivity index (χ1v) is 6.92. The highest BCUT2D eigenvalue weighted by Crippen LogP contribution is 2.19. The fourth-order valence-corrected chi connectivity index (χ4v) is 2.70. The fraction of sp³-hybridized carbons (Fsp3) is 0.500. The van der Waals surface area contributed by atoms with Crippen LogP contribution in [0.4, 0.5) is 5.69 Å². The zero-order valence-corrected chi connectivity index (χ0v) is 11.7. The smallest absolute Gasteiger partial charge is 0.168 e.